The SMILES string of the molecule is CC(ONC(=O)CC1CCCCC1NC(=O)OCC1c2ccccc2-c2ccccc21)C(=O)O. The number of aliphatic carboxylic acids is 1. The predicted molar refractivity (Wildman–Crippen MR) is 125 cm³/mol. The van der Waals surface area contributed by atoms with Crippen molar-refractivity contribution in [2.75, 3.05) is 6.61 Å². The first-order valence-electron chi connectivity index (χ1n) is 11.7. The van der Waals surface area contributed by atoms with Gasteiger partial charge in [0.2, 0.25) is 5.91 Å². The summed E-state index contributed by atoms with van der Waals surface area (Å²) >= 11 is 0. The van der Waals surface area contributed by atoms with Gasteiger partial charge in [0.25, 0.3) is 0 Å². The molecule has 0 aromatic heterocycles. The molecule has 2 amide bonds. The van der Waals surface area contributed by atoms with Crippen molar-refractivity contribution < 1.29 is 29.1 Å². The molecule has 3 N–H and O–H groups in total. The molecule has 2 aliphatic carbocycles. The Labute approximate surface area is 198 Å². The molecule has 2 aliphatic rings. The van der Waals surface area contributed by atoms with E-state index in [0.29, 0.717) is 0 Å². The Kier molecular flexibility index (Phi) is 7.47. The average Bonchev–Trinajstić information content (AvgIpc) is 3.16. The van der Waals surface area contributed by atoms with Crippen LogP contribution in [0.5, 0.6) is 0 Å². The van der Waals surface area contributed by atoms with E-state index < -0.39 is 24.1 Å². The third kappa shape index (κ3) is 5.39. The second-order valence-corrected chi connectivity index (χ2v) is 8.95. The van der Waals surface area contributed by atoms with Gasteiger partial charge in [-0.25, -0.2) is 15.1 Å². The van der Waals surface area contributed by atoms with Gasteiger partial charge in [-0.3, -0.25) is 9.63 Å². The monoisotopic (exact) mass is 466 g/mol. The number of rotatable bonds is 8. The Morgan fingerprint density at radius 3 is 2.26 bits per heavy atom. The molecule has 4 rings (SSSR count). The Bertz CT molecular complexity index is 1010. The van der Waals surface area contributed by atoms with E-state index in [1.54, 1.807) is 0 Å². The van der Waals surface area contributed by atoms with E-state index in [0.717, 1.165) is 36.8 Å². The van der Waals surface area contributed by atoms with Gasteiger partial charge < -0.3 is 15.2 Å². The van der Waals surface area contributed by atoms with Crippen LogP contribution in [0.1, 0.15) is 56.1 Å². The van der Waals surface area contributed by atoms with Crippen molar-refractivity contribution in [2.45, 2.75) is 57.1 Å². The molecule has 1 fully saturated rings. The van der Waals surface area contributed by atoms with E-state index in [-0.39, 0.29) is 30.9 Å². The van der Waals surface area contributed by atoms with Crippen LogP contribution in [0.15, 0.2) is 48.5 Å². The van der Waals surface area contributed by atoms with Gasteiger partial charge in [0, 0.05) is 18.4 Å². The minimum Gasteiger partial charge on any atom is -0.479 e. The minimum atomic E-state index is -1.16. The molecule has 3 unspecified atom stereocenters. The van der Waals surface area contributed by atoms with Crippen molar-refractivity contribution in [3.8, 4) is 11.1 Å². The zero-order valence-corrected chi connectivity index (χ0v) is 19.2. The van der Waals surface area contributed by atoms with Crippen LogP contribution < -0.4 is 10.8 Å². The van der Waals surface area contributed by atoms with Crippen molar-refractivity contribution in [1.29, 1.82) is 0 Å². The number of amides is 2. The fraction of sp³-hybridized carbons (Fsp3) is 0.423. The zero-order chi connectivity index (χ0) is 24.1. The van der Waals surface area contributed by atoms with E-state index >= 15 is 0 Å². The summed E-state index contributed by atoms with van der Waals surface area (Å²) in [6, 6.07) is 16.2. The minimum absolute atomic E-state index is 0.0144. The molecule has 0 heterocycles. The molecule has 1 saturated carbocycles. The molecule has 0 spiro atoms. The number of hydrogen-bond donors (Lipinski definition) is 3. The molecule has 34 heavy (non-hydrogen) atoms. The highest BCUT2D eigenvalue weighted by molar-refractivity contribution is 5.79. The third-order valence-corrected chi connectivity index (χ3v) is 6.70. The maximum Gasteiger partial charge on any atom is 0.407 e. The smallest absolute Gasteiger partial charge is 0.407 e. The molecular formula is C26H30N2O6. The summed E-state index contributed by atoms with van der Waals surface area (Å²) in [7, 11) is 0. The van der Waals surface area contributed by atoms with Gasteiger partial charge in [0.1, 0.15) is 6.61 Å². The largest absolute Gasteiger partial charge is 0.479 e. The van der Waals surface area contributed by atoms with Gasteiger partial charge in [-0.2, -0.15) is 0 Å². The zero-order valence-electron chi connectivity index (χ0n) is 19.2. The summed E-state index contributed by atoms with van der Waals surface area (Å²) in [6.45, 7) is 1.57. The summed E-state index contributed by atoms with van der Waals surface area (Å²) in [5.74, 6) is -1.65. The molecule has 2 aromatic rings. The lowest BCUT2D eigenvalue weighted by Gasteiger charge is -2.31. The number of fused-ring (bicyclic) bond motifs is 3. The van der Waals surface area contributed by atoms with Crippen LogP contribution in [0.2, 0.25) is 0 Å². The van der Waals surface area contributed by atoms with Gasteiger partial charge in [0.15, 0.2) is 6.10 Å². The second-order valence-electron chi connectivity index (χ2n) is 8.95. The van der Waals surface area contributed by atoms with Gasteiger partial charge in [-0.15, -0.1) is 0 Å². The number of carboxylic acid groups (broad SMARTS) is 1. The molecule has 180 valence electrons. The van der Waals surface area contributed by atoms with Gasteiger partial charge in [-0.1, -0.05) is 61.4 Å². The first kappa shape index (κ1) is 23.8. The van der Waals surface area contributed by atoms with Crippen LogP contribution in [0, 0.1) is 5.92 Å². The van der Waals surface area contributed by atoms with Crippen LogP contribution >= 0.6 is 0 Å². The molecular weight excluding hydrogens is 436 g/mol. The predicted octanol–water partition coefficient (Wildman–Crippen LogP) is 3.99. The number of hydroxylamine groups is 1. The van der Waals surface area contributed by atoms with Crippen molar-refractivity contribution >= 4 is 18.0 Å². The summed E-state index contributed by atoms with van der Waals surface area (Å²) in [4.78, 5) is 40.6. The fourth-order valence-corrected chi connectivity index (χ4v) is 4.92. The first-order chi connectivity index (χ1) is 16.4. The lowest BCUT2D eigenvalue weighted by molar-refractivity contribution is -0.159. The number of nitrogens with one attached hydrogen (secondary N) is 2. The van der Waals surface area contributed by atoms with Crippen LogP contribution in [0.3, 0.4) is 0 Å². The first-order valence-corrected chi connectivity index (χ1v) is 11.7. The fourth-order valence-electron chi connectivity index (χ4n) is 4.92. The van der Waals surface area contributed by atoms with E-state index in [1.807, 2.05) is 24.3 Å². The van der Waals surface area contributed by atoms with Gasteiger partial charge in [-0.05, 0) is 47.9 Å². The number of ether oxygens (including phenoxy) is 1. The Balaban J connectivity index is 1.32. The average molecular weight is 467 g/mol. The number of hydrogen-bond acceptors (Lipinski definition) is 5. The maximum absolute atomic E-state index is 12.7. The Morgan fingerprint density at radius 1 is 1.00 bits per heavy atom. The van der Waals surface area contributed by atoms with Crippen molar-refractivity contribution in [3.63, 3.8) is 0 Å². The van der Waals surface area contributed by atoms with Crippen LogP contribution in [-0.2, 0) is 19.2 Å². The summed E-state index contributed by atoms with van der Waals surface area (Å²) < 4.78 is 5.66. The van der Waals surface area contributed by atoms with E-state index in [9.17, 15) is 14.4 Å². The number of benzene rings is 2. The quantitative estimate of drug-likeness (QED) is 0.507. The van der Waals surface area contributed by atoms with E-state index in [2.05, 4.69) is 35.1 Å². The topological polar surface area (TPSA) is 114 Å². The Morgan fingerprint density at radius 2 is 1.62 bits per heavy atom. The lowest BCUT2D eigenvalue weighted by Crippen LogP contribution is -2.44. The van der Waals surface area contributed by atoms with Gasteiger partial charge in [0.05, 0.1) is 0 Å². The Hall–Kier alpha value is -3.39. The van der Waals surface area contributed by atoms with Crippen molar-refractivity contribution in [2.24, 2.45) is 5.92 Å². The lowest BCUT2D eigenvalue weighted by atomic mass is 9.82. The standard InChI is InChI=1S/C26H30N2O6/c1-16(25(30)31)34-28-24(29)14-17-8-2-7-13-23(17)27-26(32)33-15-22-20-11-5-3-9-18(20)19-10-4-6-12-21(19)22/h3-6,9-12,16-17,22-23H,2,7-8,13-15H2,1H3,(H,27,32)(H,28,29)(H,30,31). The molecule has 0 saturated heterocycles. The van der Waals surface area contributed by atoms with E-state index in [1.165, 1.54) is 18.1 Å². The molecule has 3 atom stereocenters. The molecule has 2 aromatic carbocycles. The van der Waals surface area contributed by atoms with Gasteiger partial charge >= 0.3 is 12.1 Å². The van der Waals surface area contributed by atoms with Crippen molar-refractivity contribution in [1.82, 2.24) is 10.8 Å². The third-order valence-electron chi connectivity index (χ3n) is 6.70. The van der Waals surface area contributed by atoms with Crippen molar-refractivity contribution in [3.05, 3.63) is 59.7 Å². The molecule has 0 aliphatic heterocycles. The highest BCUT2D eigenvalue weighted by atomic mass is 16.7. The maximum atomic E-state index is 12.7. The number of alkyl carbamates (subject to hydrolysis) is 1. The number of carbonyl (C=O) groups excluding carboxylic acids is 2. The summed E-state index contributed by atoms with van der Waals surface area (Å²) in [6.07, 6.45) is 1.98. The molecule has 0 bridgehead atoms. The highest BCUT2D eigenvalue weighted by Gasteiger charge is 2.31. The van der Waals surface area contributed by atoms with Crippen LogP contribution in [0.4, 0.5) is 4.79 Å². The second kappa shape index (κ2) is 10.7. The number of carboxylic acids is 1. The summed E-state index contributed by atoms with van der Waals surface area (Å²) in [5, 5.41) is 11.8. The van der Waals surface area contributed by atoms with E-state index in [4.69, 9.17) is 14.7 Å². The molecule has 0 radical (unpaired) electrons. The summed E-state index contributed by atoms with van der Waals surface area (Å²) in [5.41, 5.74) is 6.85. The van der Waals surface area contributed by atoms with Crippen LogP contribution in [0.25, 0.3) is 11.1 Å². The molecule has 8 nitrogen and oxygen atoms in total. The normalized spacial score (nSPS) is 20.0. The number of carbonyl (C=O) groups is 3. The highest BCUT2D eigenvalue weighted by Crippen LogP contribution is 2.44. The molecule has 8 heteroatoms. The van der Waals surface area contributed by atoms with Crippen LogP contribution in [-0.4, -0.2) is 41.8 Å².